The Labute approximate surface area is 140 Å². The van der Waals surface area contributed by atoms with Crippen LogP contribution in [0, 0.1) is 0 Å². The first-order chi connectivity index (χ1) is 11.1. The standard InChI is InChI=1S/C17H23N3O2S/c1-12(2)17-18-16(19-22-17)14-4-3-8-20(10-14)15(21)6-5-13-7-9-23-11-13/h7,9,11-12,14H,3-6,8,10H2,1-2H3/t14-/m0/s1. The fourth-order valence-corrected chi connectivity index (χ4v) is 3.61. The second-order valence-corrected chi connectivity index (χ2v) is 7.24. The number of amides is 1. The smallest absolute Gasteiger partial charge is 0.229 e. The monoisotopic (exact) mass is 333 g/mol. The third-order valence-corrected chi connectivity index (χ3v) is 5.03. The van der Waals surface area contributed by atoms with Crippen LogP contribution in [0.5, 0.6) is 0 Å². The van der Waals surface area contributed by atoms with Crippen LogP contribution < -0.4 is 0 Å². The van der Waals surface area contributed by atoms with Crippen LogP contribution in [-0.2, 0) is 11.2 Å². The van der Waals surface area contributed by atoms with Gasteiger partial charge in [-0.1, -0.05) is 19.0 Å². The van der Waals surface area contributed by atoms with Crippen LogP contribution in [0.25, 0.3) is 0 Å². The number of likely N-dealkylation sites (tertiary alicyclic amines) is 1. The highest BCUT2D eigenvalue weighted by Gasteiger charge is 2.28. The first-order valence-electron chi connectivity index (χ1n) is 8.26. The van der Waals surface area contributed by atoms with E-state index >= 15 is 0 Å². The fourth-order valence-electron chi connectivity index (χ4n) is 2.91. The van der Waals surface area contributed by atoms with Crippen LogP contribution in [-0.4, -0.2) is 34.0 Å². The zero-order valence-electron chi connectivity index (χ0n) is 13.7. The molecule has 1 aliphatic heterocycles. The Kier molecular flexibility index (Phi) is 5.10. The Bertz CT molecular complexity index is 636. The molecule has 3 heterocycles. The van der Waals surface area contributed by atoms with Crippen molar-refractivity contribution in [2.75, 3.05) is 13.1 Å². The lowest BCUT2D eigenvalue weighted by Crippen LogP contribution is -2.39. The molecule has 23 heavy (non-hydrogen) atoms. The summed E-state index contributed by atoms with van der Waals surface area (Å²) >= 11 is 1.68. The molecule has 0 N–H and O–H groups in total. The molecule has 1 amide bonds. The van der Waals surface area contributed by atoms with Gasteiger partial charge in [-0.25, -0.2) is 0 Å². The molecule has 3 rings (SSSR count). The van der Waals surface area contributed by atoms with Gasteiger partial charge in [-0.3, -0.25) is 4.79 Å². The van der Waals surface area contributed by atoms with Crippen LogP contribution in [0.2, 0.25) is 0 Å². The first-order valence-corrected chi connectivity index (χ1v) is 9.20. The van der Waals surface area contributed by atoms with Crippen LogP contribution in [0.1, 0.15) is 62.2 Å². The maximum absolute atomic E-state index is 12.4. The normalized spacial score (nSPS) is 18.6. The van der Waals surface area contributed by atoms with E-state index in [0.29, 0.717) is 18.9 Å². The molecule has 2 aromatic rings. The van der Waals surface area contributed by atoms with Crippen molar-refractivity contribution in [2.45, 2.75) is 51.4 Å². The Morgan fingerprint density at radius 3 is 3.09 bits per heavy atom. The van der Waals surface area contributed by atoms with Gasteiger partial charge in [0, 0.05) is 31.3 Å². The van der Waals surface area contributed by atoms with E-state index in [2.05, 4.69) is 27.0 Å². The average molecular weight is 333 g/mol. The molecule has 1 atom stereocenters. The van der Waals surface area contributed by atoms with Gasteiger partial charge >= 0.3 is 0 Å². The molecule has 6 heteroatoms. The van der Waals surface area contributed by atoms with Gasteiger partial charge in [0.2, 0.25) is 11.8 Å². The number of thiophene rings is 1. The Hall–Kier alpha value is -1.69. The molecule has 2 aromatic heterocycles. The van der Waals surface area contributed by atoms with Crippen molar-refractivity contribution in [2.24, 2.45) is 0 Å². The molecule has 0 aromatic carbocycles. The van der Waals surface area contributed by atoms with Crippen molar-refractivity contribution >= 4 is 17.2 Å². The summed E-state index contributed by atoms with van der Waals surface area (Å²) in [5, 5.41) is 8.28. The molecular weight excluding hydrogens is 310 g/mol. The highest BCUT2D eigenvalue weighted by Crippen LogP contribution is 2.26. The summed E-state index contributed by atoms with van der Waals surface area (Å²) in [6.45, 7) is 5.63. The molecule has 1 aliphatic rings. The number of aryl methyl sites for hydroxylation is 1. The molecule has 0 saturated carbocycles. The van der Waals surface area contributed by atoms with Crippen molar-refractivity contribution < 1.29 is 9.32 Å². The van der Waals surface area contributed by atoms with Crippen LogP contribution >= 0.6 is 11.3 Å². The van der Waals surface area contributed by atoms with Crippen molar-refractivity contribution in [1.82, 2.24) is 15.0 Å². The summed E-state index contributed by atoms with van der Waals surface area (Å²) in [6, 6.07) is 2.09. The Morgan fingerprint density at radius 1 is 1.52 bits per heavy atom. The molecule has 1 fully saturated rings. The largest absolute Gasteiger partial charge is 0.342 e. The number of piperidine rings is 1. The van der Waals surface area contributed by atoms with Gasteiger partial charge in [-0.15, -0.1) is 0 Å². The Morgan fingerprint density at radius 2 is 2.39 bits per heavy atom. The summed E-state index contributed by atoms with van der Waals surface area (Å²) in [5.41, 5.74) is 1.25. The SMILES string of the molecule is CC(C)c1nc([C@H]2CCCN(C(=O)CCc3ccsc3)C2)no1. The molecule has 5 nitrogen and oxygen atoms in total. The molecule has 0 spiro atoms. The van der Waals surface area contributed by atoms with Crippen molar-refractivity contribution in [3.05, 3.63) is 34.1 Å². The van der Waals surface area contributed by atoms with E-state index in [1.807, 2.05) is 18.7 Å². The average Bonchev–Trinajstić information content (AvgIpc) is 3.24. The lowest BCUT2D eigenvalue weighted by atomic mass is 9.97. The minimum absolute atomic E-state index is 0.199. The van der Waals surface area contributed by atoms with Crippen molar-refractivity contribution in [3.8, 4) is 0 Å². The van der Waals surface area contributed by atoms with Gasteiger partial charge in [0.25, 0.3) is 0 Å². The van der Waals surface area contributed by atoms with E-state index in [9.17, 15) is 4.79 Å². The molecule has 0 radical (unpaired) electrons. The van der Waals surface area contributed by atoms with Crippen molar-refractivity contribution in [3.63, 3.8) is 0 Å². The molecule has 0 aliphatic carbocycles. The summed E-state index contributed by atoms with van der Waals surface area (Å²) in [6.07, 6.45) is 3.42. The van der Waals surface area contributed by atoms with Crippen molar-refractivity contribution in [1.29, 1.82) is 0 Å². The van der Waals surface area contributed by atoms with Crippen LogP contribution in [0.15, 0.2) is 21.3 Å². The summed E-state index contributed by atoms with van der Waals surface area (Å²) in [7, 11) is 0. The maximum Gasteiger partial charge on any atom is 0.229 e. The minimum atomic E-state index is 0.199. The number of hydrogen-bond donors (Lipinski definition) is 0. The van der Waals surface area contributed by atoms with Gasteiger partial charge in [0.05, 0.1) is 0 Å². The number of carbonyl (C=O) groups excluding carboxylic acids is 1. The van der Waals surface area contributed by atoms with Gasteiger partial charge in [-0.05, 0) is 41.7 Å². The molecule has 1 saturated heterocycles. The maximum atomic E-state index is 12.4. The highest BCUT2D eigenvalue weighted by molar-refractivity contribution is 7.07. The van der Waals surface area contributed by atoms with E-state index in [-0.39, 0.29) is 17.7 Å². The molecule has 124 valence electrons. The zero-order valence-corrected chi connectivity index (χ0v) is 14.5. The summed E-state index contributed by atoms with van der Waals surface area (Å²) in [4.78, 5) is 18.9. The van der Waals surface area contributed by atoms with Gasteiger partial charge in [0.1, 0.15) is 0 Å². The number of aromatic nitrogens is 2. The highest BCUT2D eigenvalue weighted by atomic mass is 32.1. The summed E-state index contributed by atoms with van der Waals surface area (Å²) in [5.74, 6) is 2.10. The van der Waals surface area contributed by atoms with Crippen LogP contribution in [0.4, 0.5) is 0 Å². The Balaban J connectivity index is 1.57. The first kappa shape index (κ1) is 16.2. The number of nitrogens with zero attached hydrogens (tertiary/aromatic N) is 3. The number of rotatable bonds is 5. The topological polar surface area (TPSA) is 59.2 Å². The zero-order chi connectivity index (χ0) is 16.2. The predicted octanol–water partition coefficient (Wildman–Crippen LogP) is 3.59. The van der Waals surface area contributed by atoms with E-state index in [1.54, 1.807) is 11.3 Å². The van der Waals surface area contributed by atoms with E-state index < -0.39 is 0 Å². The molecular formula is C17H23N3O2S. The predicted molar refractivity (Wildman–Crippen MR) is 89.6 cm³/mol. The second-order valence-electron chi connectivity index (χ2n) is 6.46. The number of carbonyl (C=O) groups is 1. The van der Waals surface area contributed by atoms with Crippen LogP contribution in [0.3, 0.4) is 0 Å². The molecule has 0 unspecified atom stereocenters. The van der Waals surface area contributed by atoms with Gasteiger partial charge in [-0.2, -0.15) is 16.3 Å². The number of hydrogen-bond acceptors (Lipinski definition) is 5. The fraction of sp³-hybridized carbons (Fsp3) is 0.588. The quantitative estimate of drug-likeness (QED) is 0.839. The van der Waals surface area contributed by atoms with Gasteiger partial charge in [0.15, 0.2) is 5.82 Å². The lowest BCUT2D eigenvalue weighted by Gasteiger charge is -2.31. The lowest BCUT2D eigenvalue weighted by molar-refractivity contribution is -0.132. The summed E-state index contributed by atoms with van der Waals surface area (Å²) < 4.78 is 5.31. The van der Waals surface area contributed by atoms with Gasteiger partial charge < -0.3 is 9.42 Å². The van der Waals surface area contributed by atoms with E-state index in [0.717, 1.165) is 31.6 Å². The third-order valence-electron chi connectivity index (χ3n) is 4.30. The second kappa shape index (κ2) is 7.25. The third kappa shape index (κ3) is 3.99. The minimum Gasteiger partial charge on any atom is -0.342 e. The molecule has 0 bridgehead atoms. The van der Waals surface area contributed by atoms with E-state index in [4.69, 9.17) is 4.52 Å². The van der Waals surface area contributed by atoms with E-state index in [1.165, 1.54) is 5.56 Å².